The van der Waals surface area contributed by atoms with E-state index in [-0.39, 0.29) is 16.9 Å². The van der Waals surface area contributed by atoms with Gasteiger partial charge in [0.05, 0.1) is 22.3 Å². The molecule has 0 radical (unpaired) electrons. The topological polar surface area (TPSA) is 76.0 Å². The number of primary amides is 1. The number of aromatic amines is 1. The number of fused-ring (bicyclic) bond motifs is 1. The maximum absolute atomic E-state index is 11.8. The van der Waals surface area contributed by atoms with E-state index < -0.39 is 5.91 Å². The van der Waals surface area contributed by atoms with E-state index in [0.29, 0.717) is 21.6 Å². The Morgan fingerprint density at radius 1 is 1.29 bits per heavy atom. The smallest absolute Gasteiger partial charge is 0.223 e. The largest absolute Gasteiger partial charge is 0.369 e. The van der Waals surface area contributed by atoms with Crippen molar-refractivity contribution < 1.29 is 4.79 Å². The van der Waals surface area contributed by atoms with Crippen LogP contribution in [0.5, 0.6) is 0 Å². The average Bonchev–Trinajstić information content (AvgIpc) is 2.13. The summed E-state index contributed by atoms with van der Waals surface area (Å²) in [5, 5.41) is 1.04. The molecule has 0 aliphatic carbocycles. The Morgan fingerprint density at radius 2 is 2.00 bits per heavy atom. The van der Waals surface area contributed by atoms with E-state index in [0.717, 1.165) is 0 Å². The maximum Gasteiger partial charge on any atom is 0.223 e. The first-order valence-corrected chi connectivity index (χ1v) is 5.52. The van der Waals surface area contributed by atoms with Gasteiger partial charge in [-0.15, -0.1) is 0 Å². The number of carbonyl (C=O) groups is 1. The van der Waals surface area contributed by atoms with Crippen molar-refractivity contribution in [3.63, 3.8) is 0 Å². The number of amides is 1. The van der Waals surface area contributed by atoms with Crippen LogP contribution in [0.4, 0.5) is 0 Å². The first-order valence-electron chi connectivity index (χ1n) is 4.76. The summed E-state index contributed by atoms with van der Waals surface area (Å²) in [7, 11) is 0. The van der Waals surface area contributed by atoms with Gasteiger partial charge in [0.2, 0.25) is 5.91 Å². The second-order valence-corrected chi connectivity index (χ2v) is 4.46. The van der Waals surface area contributed by atoms with Crippen LogP contribution in [0.25, 0.3) is 10.9 Å². The van der Waals surface area contributed by atoms with Crippen LogP contribution < -0.4 is 11.2 Å². The van der Waals surface area contributed by atoms with Gasteiger partial charge in [0.1, 0.15) is 0 Å². The molecule has 1 aromatic carbocycles. The number of rotatable bonds is 2. The van der Waals surface area contributed by atoms with E-state index in [4.69, 9.17) is 28.9 Å². The third-order valence-electron chi connectivity index (χ3n) is 2.27. The van der Waals surface area contributed by atoms with E-state index >= 15 is 0 Å². The van der Waals surface area contributed by atoms with Crippen LogP contribution in [0.1, 0.15) is 5.69 Å². The van der Waals surface area contributed by atoms with Crippen molar-refractivity contribution in [1.82, 2.24) is 4.98 Å². The van der Waals surface area contributed by atoms with Gasteiger partial charge in [-0.3, -0.25) is 9.59 Å². The molecular weight excluding hydrogens is 263 g/mol. The van der Waals surface area contributed by atoms with Gasteiger partial charge in [0.15, 0.2) is 5.43 Å². The van der Waals surface area contributed by atoms with Gasteiger partial charge in [-0.2, -0.15) is 0 Å². The minimum Gasteiger partial charge on any atom is -0.369 e. The lowest BCUT2D eigenvalue weighted by molar-refractivity contribution is -0.117. The molecule has 0 bridgehead atoms. The molecule has 0 unspecified atom stereocenters. The number of pyridine rings is 1. The summed E-state index contributed by atoms with van der Waals surface area (Å²) in [6, 6.07) is 4.38. The molecule has 0 aliphatic rings. The van der Waals surface area contributed by atoms with Gasteiger partial charge >= 0.3 is 0 Å². The Bertz CT molecular complexity index is 664. The van der Waals surface area contributed by atoms with E-state index in [9.17, 15) is 9.59 Å². The highest BCUT2D eigenvalue weighted by Crippen LogP contribution is 2.24. The summed E-state index contributed by atoms with van der Waals surface area (Å²) in [5.74, 6) is -0.520. The normalized spacial score (nSPS) is 10.7. The average molecular weight is 271 g/mol. The van der Waals surface area contributed by atoms with E-state index in [1.165, 1.54) is 12.1 Å². The SMILES string of the molecule is NC(=O)Cc1cc(=O)c2c(Cl)cc(Cl)cc2[nH]1. The molecule has 6 heteroatoms. The third kappa shape index (κ3) is 2.43. The number of nitrogens with two attached hydrogens (primary N) is 1. The van der Waals surface area contributed by atoms with Gasteiger partial charge in [-0.1, -0.05) is 23.2 Å². The lowest BCUT2D eigenvalue weighted by atomic mass is 10.1. The van der Waals surface area contributed by atoms with Gasteiger partial charge < -0.3 is 10.7 Å². The molecule has 1 heterocycles. The number of benzene rings is 1. The Hall–Kier alpha value is -1.52. The van der Waals surface area contributed by atoms with Crippen molar-refractivity contribution in [2.45, 2.75) is 6.42 Å². The molecular formula is C11H8Cl2N2O2. The van der Waals surface area contributed by atoms with Crippen molar-refractivity contribution in [3.05, 3.63) is 44.2 Å². The lowest BCUT2D eigenvalue weighted by Gasteiger charge is -2.04. The molecule has 2 rings (SSSR count). The minimum atomic E-state index is -0.520. The fraction of sp³-hybridized carbons (Fsp3) is 0.0909. The highest BCUT2D eigenvalue weighted by molar-refractivity contribution is 6.38. The second kappa shape index (κ2) is 4.39. The lowest BCUT2D eigenvalue weighted by Crippen LogP contribution is -2.16. The van der Waals surface area contributed by atoms with Crippen molar-refractivity contribution in [2.75, 3.05) is 0 Å². The van der Waals surface area contributed by atoms with Crippen LogP contribution in [0, 0.1) is 0 Å². The van der Waals surface area contributed by atoms with Crippen LogP contribution >= 0.6 is 23.2 Å². The summed E-state index contributed by atoms with van der Waals surface area (Å²) >= 11 is 11.8. The van der Waals surface area contributed by atoms with Crippen LogP contribution in [-0.2, 0) is 11.2 Å². The molecule has 0 saturated carbocycles. The molecule has 1 aromatic heterocycles. The zero-order valence-corrected chi connectivity index (χ0v) is 10.1. The number of hydrogen-bond donors (Lipinski definition) is 2. The summed E-state index contributed by atoms with van der Waals surface area (Å²) in [5.41, 5.74) is 5.73. The van der Waals surface area contributed by atoms with Gasteiger partial charge in [-0.05, 0) is 12.1 Å². The first-order chi connectivity index (χ1) is 7.97. The molecule has 0 saturated heterocycles. The first kappa shape index (κ1) is 12.0. The van der Waals surface area contributed by atoms with Gasteiger partial charge in [-0.25, -0.2) is 0 Å². The molecule has 0 spiro atoms. The Morgan fingerprint density at radius 3 is 2.65 bits per heavy atom. The maximum atomic E-state index is 11.8. The zero-order chi connectivity index (χ0) is 12.6. The summed E-state index contributed by atoms with van der Waals surface area (Å²) in [6.45, 7) is 0. The second-order valence-electron chi connectivity index (χ2n) is 3.61. The number of nitrogens with one attached hydrogen (secondary N) is 1. The van der Waals surface area contributed by atoms with Crippen molar-refractivity contribution in [1.29, 1.82) is 0 Å². The molecule has 2 aromatic rings. The van der Waals surface area contributed by atoms with Gasteiger partial charge in [0.25, 0.3) is 0 Å². The number of aromatic nitrogens is 1. The Labute approximate surface area is 106 Å². The fourth-order valence-electron chi connectivity index (χ4n) is 1.65. The summed E-state index contributed by atoms with van der Waals surface area (Å²) in [6.07, 6.45) is -0.0324. The molecule has 0 atom stereocenters. The molecule has 88 valence electrons. The predicted molar refractivity (Wildman–Crippen MR) is 67.5 cm³/mol. The van der Waals surface area contributed by atoms with Crippen molar-refractivity contribution in [2.24, 2.45) is 5.73 Å². The van der Waals surface area contributed by atoms with Crippen LogP contribution in [0.2, 0.25) is 10.0 Å². The van der Waals surface area contributed by atoms with Crippen LogP contribution in [-0.4, -0.2) is 10.9 Å². The predicted octanol–water partition coefficient (Wildman–Crippen LogP) is 1.86. The van der Waals surface area contributed by atoms with Crippen LogP contribution in [0.15, 0.2) is 23.0 Å². The fourth-order valence-corrected chi connectivity index (χ4v) is 2.23. The highest BCUT2D eigenvalue weighted by atomic mass is 35.5. The minimum absolute atomic E-state index is 0.0324. The molecule has 3 N–H and O–H groups in total. The van der Waals surface area contributed by atoms with E-state index in [2.05, 4.69) is 4.98 Å². The number of carbonyl (C=O) groups excluding carboxylic acids is 1. The van der Waals surface area contributed by atoms with Gasteiger partial charge in [0, 0.05) is 16.8 Å². The zero-order valence-electron chi connectivity index (χ0n) is 8.59. The highest BCUT2D eigenvalue weighted by Gasteiger charge is 2.08. The quantitative estimate of drug-likeness (QED) is 0.874. The molecule has 0 aliphatic heterocycles. The number of halogens is 2. The Balaban J connectivity index is 2.73. The van der Waals surface area contributed by atoms with Crippen LogP contribution in [0.3, 0.4) is 0 Å². The molecule has 0 fully saturated rings. The molecule has 1 amide bonds. The molecule has 17 heavy (non-hydrogen) atoms. The third-order valence-corrected chi connectivity index (χ3v) is 2.78. The van der Waals surface area contributed by atoms with Crippen molar-refractivity contribution in [3.8, 4) is 0 Å². The van der Waals surface area contributed by atoms with E-state index in [1.54, 1.807) is 6.07 Å². The van der Waals surface area contributed by atoms with Crippen molar-refractivity contribution >= 4 is 40.0 Å². The standard InChI is InChI=1S/C11H8Cl2N2O2/c12-5-1-7(13)11-8(2-5)15-6(3-9(11)16)4-10(14)17/h1-3H,4H2,(H2,14,17)(H,15,16). The summed E-state index contributed by atoms with van der Waals surface area (Å²) < 4.78 is 0. The van der Waals surface area contributed by atoms with E-state index in [1.807, 2.05) is 0 Å². The Kier molecular flexibility index (Phi) is 3.09. The number of hydrogen-bond acceptors (Lipinski definition) is 2. The summed E-state index contributed by atoms with van der Waals surface area (Å²) in [4.78, 5) is 25.5. The monoisotopic (exact) mass is 270 g/mol. The number of H-pyrrole nitrogens is 1. The molecule has 4 nitrogen and oxygen atoms in total.